The van der Waals surface area contributed by atoms with Crippen LogP contribution in [0.5, 0.6) is 0 Å². The van der Waals surface area contributed by atoms with Gasteiger partial charge in [-0.3, -0.25) is 0 Å². The van der Waals surface area contributed by atoms with Gasteiger partial charge in [0.25, 0.3) is 0 Å². The maximum atomic E-state index is 12.9. The molecule has 1 nitrogen and oxygen atoms in total. The summed E-state index contributed by atoms with van der Waals surface area (Å²) in [5.74, 6) is -1.40. The van der Waals surface area contributed by atoms with E-state index >= 15 is 0 Å². The third-order valence-corrected chi connectivity index (χ3v) is 2.07. The Bertz CT molecular complexity index is 279. The zero-order valence-corrected chi connectivity index (χ0v) is 7.96. The lowest BCUT2D eigenvalue weighted by molar-refractivity contribution is 0.579. The van der Waals surface area contributed by atoms with E-state index in [-0.39, 0.29) is 0 Å². The molecule has 0 bridgehead atoms. The first kappa shape index (κ1) is 10.4. The van der Waals surface area contributed by atoms with Gasteiger partial charge in [-0.2, -0.15) is 0 Å². The Morgan fingerprint density at radius 2 is 1.85 bits per heavy atom. The maximum Gasteiger partial charge on any atom is 0.145 e. The van der Waals surface area contributed by atoms with Crippen LogP contribution in [-0.4, -0.2) is 13.6 Å². The molecule has 0 radical (unpaired) electrons. The van der Waals surface area contributed by atoms with Crippen LogP contribution in [-0.2, 0) is 6.42 Å². The van der Waals surface area contributed by atoms with Crippen molar-refractivity contribution in [2.24, 2.45) is 0 Å². The van der Waals surface area contributed by atoms with Gasteiger partial charge in [0, 0.05) is 0 Å². The second-order valence-electron chi connectivity index (χ2n) is 2.73. The molecule has 0 spiro atoms. The molecule has 72 valence electrons. The molecule has 0 aliphatic heterocycles. The predicted octanol–water partition coefficient (Wildman–Crippen LogP) is 2.38. The Hall–Kier alpha value is -0.670. The zero-order chi connectivity index (χ0) is 9.84. The Kier molecular flexibility index (Phi) is 3.63. The van der Waals surface area contributed by atoms with Crippen molar-refractivity contribution >= 4 is 11.6 Å². The fourth-order valence-corrected chi connectivity index (χ4v) is 1.13. The van der Waals surface area contributed by atoms with Gasteiger partial charge >= 0.3 is 0 Å². The number of benzene rings is 1. The lowest BCUT2D eigenvalue weighted by Gasteiger charge is -2.03. The summed E-state index contributed by atoms with van der Waals surface area (Å²) in [6.07, 6.45) is 0.585. The largest absolute Gasteiger partial charge is 0.319 e. The van der Waals surface area contributed by atoms with Gasteiger partial charge in [-0.15, -0.1) is 0 Å². The molecule has 0 saturated heterocycles. The average molecular weight is 206 g/mol. The molecule has 0 aromatic heterocycles. The van der Waals surface area contributed by atoms with E-state index in [9.17, 15) is 8.78 Å². The molecule has 1 rings (SSSR count). The molecule has 13 heavy (non-hydrogen) atoms. The van der Waals surface area contributed by atoms with E-state index < -0.39 is 16.7 Å². The number of nitrogens with one attached hydrogen (secondary N) is 1. The Balaban J connectivity index is 2.86. The molecule has 0 saturated carbocycles. The molecule has 1 aromatic carbocycles. The van der Waals surface area contributed by atoms with Crippen molar-refractivity contribution in [1.29, 1.82) is 0 Å². The predicted molar refractivity (Wildman–Crippen MR) is 49.0 cm³/mol. The molecule has 4 heteroatoms. The van der Waals surface area contributed by atoms with Crippen molar-refractivity contribution in [3.8, 4) is 0 Å². The van der Waals surface area contributed by atoms with E-state index in [2.05, 4.69) is 5.32 Å². The topological polar surface area (TPSA) is 12.0 Å². The first-order valence-electron chi connectivity index (χ1n) is 3.93. The lowest BCUT2D eigenvalue weighted by Crippen LogP contribution is -2.10. The van der Waals surface area contributed by atoms with E-state index in [0.717, 1.165) is 0 Å². The first-order chi connectivity index (χ1) is 6.15. The fourth-order valence-electron chi connectivity index (χ4n) is 1.02. The number of halogens is 3. The third kappa shape index (κ3) is 2.64. The highest BCUT2D eigenvalue weighted by atomic mass is 35.5. The summed E-state index contributed by atoms with van der Waals surface area (Å²) >= 11 is 5.32. The summed E-state index contributed by atoms with van der Waals surface area (Å²) in [5, 5.41) is 2.45. The third-order valence-electron chi connectivity index (χ3n) is 1.71. The molecule has 0 unspecified atom stereocenters. The summed E-state index contributed by atoms with van der Waals surface area (Å²) in [7, 11) is 1.78. The van der Waals surface area contributed by atoms with E-state index in [1.807, 2.05) is 0 Å². The van der Waals surface area contributed by atoms with Gasteiger partial charge in [0.15, 0.2) is 0 Å². The van der Waals surface area contributed by atoms with Crippen molar-refractivity contribution < 1.29 is 8.78 Å². The van der Waals surface area contributed by atoms with Gasteiger partial charge in [0.1, 0.15) is 16.7 Å². The van der Waals surface area contributed by atoms with Gasteiger partial charge in [0.05, 0.1) is 0 Å². The highest BCUT2D eigenvalue weighted by molar-refractivity contribution is 6.30. The monoisotopic (exact) mass is 205 g/mol. The van der Waals surface area contributed by atoms with Crippen LogP contribution in [0.15, 0.2) is 12.1 Å². The standard InChI is InChI=1S/C9H10ClF2N/c1-13-3-2-6-4-7(11)9(10)8(12)5-6/h4-5,13H,2-3H2,1H3. The molecular weight excluding hydrogens is 196 g/mol. The van der Waals surface area contributed by atoms with E-state index in [1.165, 1.54) is 12.1 Å². The second kappa shape index (κ2) is 4.53. The smallest absolute Gasteiger partial charge is 0.145 e. The van der Waals surface area contributed by atoms with Crippen molar-refractivity contribution in [3.63, 3.8) is 0 Å². The molecule has 0 heterocycles. The van der Waals surface area contributed by atoms with E-state index in [0.29, 0.717) is 18.5 Å². The number of hydrogen-bond donors (Lipinski definition) is 1. The van der Waals surface area contributed by atoms with E-state index in [1.54, 1.807) is 7.05 Å². The maximum absolute atomic E-state index is 12.9. The second-order valence-corrected chi connectivity index (χ2v) is 3.10. The van der Waals surface area contributed by atoms with Crippen LogP contribution in [0.3, 0.4) is 0 Å². The van der Waals surface area contributed by atoms with Crippen molar-refractivity contribution in [2.45, 2.75) is 6.42 Å². The van der Waals surface area contributed by atoms with Gasteiger partial charge in [-0.25, -0.2) is 8.78 Å². The summed E-state index contributed by atoms with van der Waals surface area (Å²) < 4.78 is 25.7. The van der Waals surface area contributed by atoms with Crippen LogP contribution in [0.4, 0.5) is 8.78 Å². The summed E-state index contributed by atoms with van der Waals surface area (Å²) in [6.45, 7) is 0.681. The minimum Gasteiger partial charge on any atom is -0.319 e. The fraction of sp³-hybridized carbons (Fsp3) is 0.333. The Morgan fingerprint density at radius 3 is 2.31 bits per heavy atom. The van der Waals surface area contributed by atoms with Crippen LogP contribution in [0.2, 0.25) is 5.02 Å². The molecule has 1 N–H and O–H groups in total. The highest BCUT2D eigenvalue weighted by Crippen LogP contribution is 2.20. The van der Waals surface area contributed by atoms with Gasteiger partial charge in [-0.1, -0.05) is 11.6 Å². The minimum absolute atomic E-state index is 0.437. The van der Waals surface area contributed by atoms with E-state index in [4.69, 9.17) is 11.6 Å². The van der Waals surface area contributed by atoms with Crippen LogP contribution < -0.4 is 5.32 Å². The van der Waals surface area contributed by atoms with Crippen LogP contribution in [0.1, 0.15) is 5.56 Å². The van der Waals surface area contributed by atoms with Gasteiger partial charge in [0.2, 0.25) is 0 Å². The highest BCUT2D eigenvalue weighted by Gasteiger charge is 2.07. The van der Waals surface area contributed by atoms with Gasteiger partial charge in [-0.05, 0) is 37.7 Å². The molecule has 1 aromatic rings. The van der Waals surface area contributed by atoms with Crippen LogP contribution in [0.25, 0.3) is 0 Å². The molecule has 0 aliphatic carbocycles. The quantitative estimate of drug-likeness (QED) is 0.748. The van der Waals surface area contributed by atoms with Crippen molar-refractivity contribution in [3.05, 3.63) is 34.4 Å². The molecule has 0 atom stereocenters. The zero-order valence-electron chi connectivity index (χ0n) is 7.20. The van der Waals surface area contributed by atoms with Crippen LogP contribution >= 0.6 is 11.6 Å². The Morgan fingerprint density at radius 1 is 1.31 bits per heavy atom. The summed E-state index contributed by atoms with van der Waals surface area (Å²) in [4.78, 5) is 0. The van der Waals surface area contributed by atoms with Crippen molar-refractivity contribution in [2.75, 3.05) is 13.6 Å². The summed E-state index contributed by atoms with van der Waals surface area (Å²) in [6, 6.07) is 2.51. The van der Waals surface area contributed by atoms with Gasteiger partial charge < -0.3 is 5.32 Å². The molecule has 0 amide bonds. The molecule has 0 aliphatic rings. The normalized spacial score (nSPS) is 10.5. The van der Waals surface area contributed by atoms with Crippen LogP contribution in [0, 0.1) is 11.6 Å². The SMILES string of the molecule is CNCCc1cc(F)c(Cl)c(F)c1. The van der Waals surface area contributed by atoms with Crippen molar-refractivity contribution in [1.82, 2.24) is 5.32 Å². The number of likely N-dealkylation sites (N-methyl/N-ethyl adjacent to an activating group) is 1. The summed E-state index contributed by atoms with van der Waals surface area (Å²) in [5.41, 5.74) is 0.605. The molecular formula is C9H10ClF2N. The average Bonchev–Trinajstić information content (AvgIpc) is 2.10. The number of hydrogen-bond acceptors (Lipinski definition) is 1. The number of rotatable bonds is 3. The lowest BCUT2D eigenvalue weighted by atomic mass is 10.1. The molecule has 0 fully saturated rings. The first-order valence-corrected chi connectivity index (χ1v) is 4.31. The minimum atomic E-state index is -0.701. The Labute approximate surface area is 80.7 Å².